The maximum atomic E-state index is 14.9. The number of anilines is 2. The van der Waals surface area contributed by atoms with Gasteiger partial charge >= 0.3 is 5.97 Å². The van der Waals surface area contributed by atoms with Gasteiger partial charge in [0.2, 0.25) is 0 Å². The van der Waals surface area contributed by atoms with Crippen molar-refractivity contribution in [3.05, 3.63) is 69.3 Å². The SMILES string of the molecule is [2H]C([2H])(c1cccc(Cl)c1F)N1CCC(Cc2nc(Nc3nc(C)cs3)ccc2F)(C(=O)OC)CC1C. The van der Waals surface area contributed by atoms with E-state index in [0.29, 0.717) is 10.9 Å². The Kier molecular flexibility index (Phi) is 6.88. The number of rotatable bonds is 7. The first kappa shape index (κ1) is 22.8. The Morgan fingerprint density at radius 2 is 2.17 bits per heavy atom. The Morgan fingerprint density at radius 1 is 1.37 bits per heavy atom. The smallest absolute Gasteiger partial charge is 0.312 e. The second-order valence-corrected chi connectivity index (χ2v) is 9.97. The number of piperidine rings is 1. The van der Waals surface area contributed by atoms with Crippen molar-refractivity contribution in [2.24, 2.45) is 5.41 Å². The summed E-state index contributed by atoms with van der Waals surface area (Å²) in [5, 5.41) is 5.38. The van der Waals surface area contributed by atoms with E-state index in [9.17, 15) is 13.6 Å². The predicted octanol–water partition coefficient (Wildman–Crippen LogP) is 5.91. The summed E-state index contributed by atoms with van der Waals surface area (Å²) in [5.74, 6) is -1.51. The highest BCUT2D eigenvalue weighted by Gasteiger charge is 2.46. The number of hydrogen-bond donors (Lipinski definition) is 1. The van der Waals surface area contributed by atoms with Crippen LogP contribution in [-0.4, -0.2) is 40.5 Å². The standard InChI is InChI=1S/C25H27ClF2N4O2S/c1-15-14-35-24(29-15)31-21-8-7-19(27)20(30-21)12-25(23(33)34-3)9-10-32(16(2)11-25)13-17-5-4-6-18(26)22(17)28/h4-8,14,16H,9-13H2,1-3H3,(H,29,30,31)/i13D2. The predicted molar refractivity (Wildman–Crippen MR) is 133 cm³/mol. The number of likely N-dealkylation sites (tertiary alicyclic amines) is 1. The van der Waals surface area contributed by atoms with Crippen LogP contribution in [0, 0.1) is 24.0 Å². The fourth-order valence-corrected chi connectivity index (χ4v) is 5.27. The van der Waals surface area contributed by atoms with Gasteiger partial charge in [0.1, 0.15) is 17.5 Å². The molecule has 6 nitrogen and oxygen atoms in total. The van der Waals surface area contributed by atoms with Gasteiger partial charge in [0.05, 0.1) is 28.9 Å². The third-order valence-corrected chi connectivity index (χ3v) is 7.33. The summed E-state index contributed by atoms with van der Waals surface area (Å²) >= 11 is 7.29. The number of halogens is 3. The molecule has 0 radical (unpaired) electrons. The third-order valence-electron chi connectivity index (χ3n) is 6.16. The lowest BCUT2D eigenvalue weighted by Gasteiger charge is -2.44. The summed E-state index contributed by atoms with van der Waals surface area (Å²) in [5.41, 5.74) is -0.384. The average Bonchev–Trinajstić information content (AvgIpc) is 3.26. The van der Waals surface area contributed by atoms with Crippen molar-refractivity contribution in [1.29, 1.82) is 0 Å². The van der Waals surface area contributed by atoms with E-state index in [1.165, 1.54) is 53.7 Å². The minimum atomic E-state index is -2.18. The van der Waals surface area contributed by atoms with Crippen LogP contribution in [0.1, 0.15) is 39.5 Å². The topological polar surface area (TPSA) is 67.4 Å². The minimum absolute atomic E-state index is 0.0371. The minimum Gasteiger partial charge on any atom is -0.469 e. The van der Waals surface area contributed by atoms with Crippen molar-refractivity contribution in [3.63, 3.8) is 0 Å². The first-order valence-electron chi connectivity index (χ1n) is 12.1. The Morgan fingerprint density at radius 3 is 2.86 bits per heavy atom. The van der Waals surface area contributed by atoms with Gasteiger partial charge in [-0.2, -0.15) is 0 Å². The van der Waals surface area contributed by atoms with E-state index in [2.05, 4.69) is 15.3 Å². The summed E-state index contributed by atoms with van der Waals surface area (Å²) in [7, 11) is 1.27. The van der Waals surface area contributed by atoms with Gasteiger partial charge in [-0.1, -0.05) is 23.7 Å². The molecule has 1 fully saturated rings. The molecule has 0 saturated carbocycles. The van der Waals surface area contributed by atoms with Crippen LogP contribution in [0.4, 0.5) is 19.7 Å². The number of nitrogens with one attached hydrogen (secondary N) is 1. The zero-order valence-corrected chi connectivity index (χ0v) is 21.1. The summed E-state index contributed by atoms with van der Waals surface area (Å²) < 4.78 is 52.1. The van der Waals surface area contributed by atoms with Gasteiger partial charge in [0, 0.05) is 32.6 Å². The van der Waals surface area contributed by atoms with Crippen molar-refractivity contribution >= 4 is 39.9 Å². The van der Waals surface area contributed by atoms with E-state index in [0.717, 1.165) is 5.69 Å². The van der Waals surface area contributed by atoms with Crippen LogP contribution in [0.5, 0.6) is 0 Å². The largest absolute Gasteiger partial charge is 0.469 e. The first-order chi connectivity index (χ1) is 17.5. The number of benzene rings is 1. The van der Waals surface area contributed by atoms with Crippen LogP contribution in [-0.2, 0) is 22.4 Å². The van der Waals surface area contributed by atoms with Gasteiger partial charge in [0.15, 0.2) is 5.13 Å². The highest BCUT2D eigenvalue weighted by Crippen LogP contribution is 2.40. The molecule has 2 unspecified atom stereocenters. The van der Waals surface area contributed by atoms with Crippen LogP contribution in [0.25, 0.3) is 0 Å². The van der Waals surface area contributed by atoms with E-state index in [-0.39, 0.29) is 42.1 Å². The molecule has 1 N–H and O–H groups in total. The molecule has 1 aromatic carbocycles. The van der Waals surface area contributed by atoms with Crippen molar-refractivity contribution in [2.45, 2.75) is 45.6 Å². The third kappa shape index (κ3) is 5.63. The van der Waals surface area contributed by atoms with Gasteiger partial charge in [0.25, 0.3) is 0 Å². The summed E-state index contributed by atoms with van der Waals surface area (Å²) in [4.78, 5) is 23.3. The number of nitrogens with zero attached hydrogens (tertiary/aromatic N) is 3. The first-order valence-corrected chi connectivity index (χ1v) is 12.4. The monoisotopic (exact) mass is 522 g/mol. The number of pyridine rings is 1. The van der Waals surface area contributed by atoms with Crippen LogP contribution in [0.2, 0.25) is 5.02 Å². The number of aryl methyl sites for hydroxylation is 1. The number of thiazole rings is 1. The zero-order valence-electron chi connectivity index (χ0n) is 21.6. The molecule has 2 aromatic heterocycles. The highest BCUT2D eigenvalue weighted by atomic mass is 35.5. The molecular formula is C25H27ClF2N4O2S. The van der Waals surface area contributed by atoms with Gasteiger partial charge in [-0.05, 0) is 51.4 Å². The molecule has 0 spiro atoms. The van der Waals surface area contributed by atoms with E-state index < -0.39 is 35.6 Å². The van der Waals surface area contributed by atoms with E-state index >= 15 is 0 Å². The van der Waals surface area contributed by atoms with Crippen LogP contribution in [0.15, 0.2) is 35.7 Å². The molecule has 1 aliphatic rings. The quantitative estimate of drug-likeness (QED) is 0.389. The number of aromatic nitrogens is 2. The molecule has 1 saturated heterocycles. The molecule has 3 aromatic rings. The second-order valence-electron chi connectivity index (χ2n) is 8.70. The van der Waals surface area contributed by atoms with Crippen molar-refractivity contribution in [3.8, 4) is 0 Å². The molecule has 10 heteroatoms. The van der Waals surface area contributed by atoms with E-state index in [1.807, 2.05) is 12.3 Å². The summed E-state index contributed by atoms with van der Waals surface area (Å²) in [6, 6.07) is 6.49. The van der Waals surface area contributed by atoms with Gasteiger partial charge in [-0.15, -0.1) is 11.3 Å². The van der Waals surface area contributed by atoms with Crippen LogP contribution < -0.4 is 5.32 Å². The molecule has 186 valence electrons. The number of hydrogen-bond acceptors (Lipinski definition) is 7. The van der Waals surface area contributed by atoms with Crippen molar-refractivity contribution < 1.29 is 21.1 Å². The van der Waals surface area contributed by atoms with E-state index in [1.54, 1.807) is 6.92 Å². The van der Waals surface area contributed by atoms with Crippen LogP contribution in [0.3, 0.4) is 0 Å². The van der Waals surface area contributed by atoms with Crippen molar-refractivity contribution in [2.75, 3.05) is 19.0 Å². The second kappa shape index (κ2) is 10.6. The normalized spacial score (nSPS) is 21.8. The van der Waals surface area contributed by atoms with Crippen LogP contribution >= 0.6 is 22.9 Å². The molecular weight excluding hydrogens is 494 g/mol. The van der Waals surface area contributed by atoms with Crippen molar-refractivity contribution in [1.82, 2.24) is 14.9 Å². The lowest BCUT2D eigenvalue weighted by atomic mass is 9.72. The Labute approximate surface area is 215 Å². The lowest BCUT2D eigenvalue weighted by Crippen LogP contribution is -2.50. The number of methoxy groups -OCH3 is 1. The number of carbonyl (C=O) groups is 1. The molecule has 0 bridgehead atoms. The summed E-state index contributed by atoms with van der Waals surface area (Å²) in [6.07, 6.45) is 0.284. The van der Waals surface area contributed by atoms with Gasteiger partial charge in [-0.3, -0.25) is 9.69 Å². The fourth-order valence-electron chi connectivity index (χ4n) is 4.40. The molecule has 2 atom stereocenters. The number of esters is 1. The summed E-state index contributed by atoms with van der Waals surface area (Å²) in [6.45, 7) is 1.54. The molecule has 3 heterocycles. The molecule has 0 amide bonds. The maximum absolute atomic E-state index is 14.9. The Bertz CT molecular complexity index is 1310. The molecule has 4 rings (SSSR count). The number of carbonyl (C=O) groups excluding carboxylic acids is 1. The van der Waals surface area contributed by atoms with Gasteiger partial charge < -0.3 is 10.1 Å². The Hall–Kier alpha value is -2.62. The maximum Gasteiger partial charge on any atom is 0.312 e. The molecule has 1 aliphatic heterocycles. The molecule has 35 heavy (non-hydrogen) atoms. The van der Waals surface area contributed by atoms with E-state index in [4.69, 9.17) is 19.1 Å². The highest BCUT2D eigenvalue weighted by molar-refractivity contribution is 7.13. The fraction of sp³-hybridized carbons (Fsp3) is 0.400. The zero-order chi connectivity index (χ0) is 27.0. The Balaban J connectivity index is 1.60. The number of ether oxygens (including phenoxy) is 1. The van der Waals surface area contributed by atoms with Gasteiger partial charge in [-0.25, -0.2) is 18.7 Å². The average molecular weight is 523 g/mol. The lowest BCUT2D eigenvalue weighted by molar-refractivity contribution is -0.157. The molecule has 0 aliphatic carbocycles.